The van der Waals surface area contributed by atoms with Crippen LogP contribution in [0, 0.1) is 5.92 Å². The summed E-state index contributed by atoms with van der Waals surface area (Å²) < 4.78 is 16.4. The van der Waals surface area contributed by atoms with Crippen molar-refractivity contribution < 1.29 is 23.8 Å². The average molecular weight is 403 g/mol. The molecule has 1 aliphatic heterocycles. The van der Waals surface area contributed by atoms with Crippen molar-refractivity contribution in [1.82, 2.24) is 0 Å². The standard InChI is InChI=1S/C24H34O5/c1-5-18(3)8-7-9-19(6-2)14-15-27-23(26)22(25)20-10-12-21(13-11-20)24(4)28-16-17-29-24/h8,10-13,19H,5-7,9,14-17H2,1-4H3. The number of rotatable bonds is 11. The quantitative estimate of drug-likeness (QED) is 0.221. The van der Waals surface area contributed by atoms with Crippen LogP contribution in [0.15, 0.2) is 35.9 Å². The molecule has 1 heterocycles. The van der Waals surface area contributed by atoms with Gasteiger partial charge in [0.25, 0.3) is 5.78 Å². The zero-order chi connectivity index (χ0) is 21.3. The van der Waals surface area contributed by atoms with Gasteiger partial charge in [-0.05, 0) is 45.4 Å². The number of carbonyl (C=O) groups excluding carboxylic acids is 2. The zero-order valence-corrected chi connectivity index (χ0v) is 18.2. The Balaban J connectivity index is 1.80. The predicted molar refractivity (Wildman–Crippen MR) is 113 cm³/mol. The second-order valence-corrected chi connectivity index (χ2v) is 7.73. The lowest BCUT2D eigenvalue weighted by Gasteiger charge is -2.22. The molecule has 0 aliphatic carbocycles. The lowest BCUT2D eigenvalue weighted by molar-refractivity contribution is -0.149. The summed E-state index contributed by atoms with van der Waals surface area (Å²) in [5, 5.41) is 0. The Bertz CT molecular complexity index is 698. The smallest absolute Gasteiger partial charge is 0.379 e. The Morgan fingerprint density at radius 3 is 2.38 bits per heavy atom. The van der Waals surface area contributed by atoms with Crippen molar-refractivity contribution in [3.8, 4) is 0 Å². The van der Waals surface area contributed by atoms with E-state index in [0.29, 0.717) is 24.7 Å². The van der Waals surface area contributed by atoms with Gasteiger partial charge in [0.1, 0.15) is 0 Å². The maximum Gasteiger partial charge on any atom is 0.379 e. The van der Waals surface area contributed by atoms with Crippen LogP contribution in [0.4, 0.5) is 0 Å². The van der Waals surface area contributed by atoms with Crippen LogP contribution in [0.25, 0.3) is 0 Å². The Hall–Kier alpha value is -1.98. The lowest BCUT2D eigenvalue weighted by Crippen LogP contribution is -2.23. The van der Waals surface area contributed by atoms with Crippen LogP contribution in [0.5, 0.6) is 0 Å². The van der Waals surface area contributed by atoms with E-state index in [1.165, 1.54) is 5.57 Å². The molecule has 5 heteroatoms. The van der Waals surface area contributed by atoms with Gasteiger partial charge in [0, 0.05) is 11.1 Å². The van der Waals surface area contributed by atoms with Gasteiger partial charge in [-0.2, -0.15) is 0 Å². The average Bonchev–Trinajstić information content (AvgIpc) is 3.19. The highest BCUT2D eigenvalue weighted by atomic mass is 16.7. The van der Waals surface area contributed by atoms with Gasteiger partial charge in [-0.3, -0.25) is 4.79 Å². The molecule has 1 fully saturated rings. The topological polar surface area (TPSA) is 61.8 Å². The molecule has 0 N–H and O–H groups in total. The second kappa shape index (κ2) is 11.3. The number of hydrogen-bond donors (Lipinski definition) is 0. The number of ketones is 1. The molecule has 0 radical (unpaired) electrons. The number of Topliss-reactive ketones (excluding diaryl/α,β-unsaturated/α-hetero) is 1. The van der Waals surface area contributed by atoms with Crippen molar-refractivity contribution in [2.24, 2.45) is 5.92 Å². The van der Waals surface area contributed by atoms with Crippen LogP contribution >= 0.6 is 0 Å². The fourth-order valence-corrected chi connectivity index (χ4v) is 3.37. The Morgan fingerprint density at radius 1 is 1.14 bits per heavy atom. The van der Waals surface area contributed by atoms with Gasteiger partial charge in [0.05, 0.1) is 19.8 Å². The first kappa shape index (κ1) is 23.3. The summed E-state index contributed by atoms with van der Waals surface area (Å²) in [5.74, 6) is -1.72. The highest BCUT2D eigenvalue weighted by Crippen LogP contribution is 2.30. The van der Waals surface area contributed by atoms with Crippen LogP contribution in [0.3, 0.4) is 0 Å². The van der Waals surface area contributed by atoms with E-state index in [4.69, 9.17) is 14.2 Å². The normalized spacial score (nSPS) is 17.2. The molecule has 0 saturated carbocycles. The van der Waals surface area contributed by atoms with Crippen molar-refractivity contribution in [3.63, 3.8) is 0 Å². The van der Waals surface area contributed by atoms with Gasteiger partial charge in [0.2, 0.25) is 0 Å². The summed E-state index contributed by atoms with van der Waals surface area (Å²) in [4.78, 5) is 24.5. The molecule has 5 nitrogen and oxygen atoms in total. The number of benzene rings is 1. The summed E-state index contributed by atoms with van der Waals surface area (Å²) in [6, 6.07) is 6.74. The van der Waals surface area contributed by atoms with Crippen LogP contribution < -0.4 is 0 Å². The third kappa shape index (κ3) is 6.79. The Morgan fingerprint density at radius 2 is 1.79 bits per heavy atom. The van der Waals surface area contributed by atoms with Crippen LogP contribution in [0.1, 0.15) is 75.7 Å². The fourth-order valence-electron chi connectivity index (χ4n) is 3.37. The second-order valence-electron chi connectivity index (χ2n) is 7.73. The van der Waals surface area contributed by atoms with Crippen LogP contribution in [0.2, 0.25) is 0 Å². The Labute approximate surface area is 174 Å². The largest absolute Gasteiger partial charge is 0.460 e. The van der Waals surface area contributed by atoms with Crippen LogP contribution in [-0.2, 0) is 24.8 Å². The fraction of sp³-hybridized carbons (Fsp3) is 0.583. The molecule has 0 amide bonds. The molecule has 2 rings (SSSR count). The molecule has 1 aromatic rings. The first-order chi connectivity index (χ1) is 13.9. The minimum absolute atomic E-state index is 0.275. The molecule has 1 unspecified atom stereocenters. The first-order valence-electron chi connectivity index (χ1n) is 10.6. The van der Waals surface area contributed by atoms with Crippen molar-refractivity contribution in [1.29, 1.82) is 0 Å². The molecule has 0 bridgehead atoms. The predicted octanol–water partition coefficient (Wildman–Crippen LogP) is 5.18. The van der Waals surface area contributed by atoms with Gasteiger partial charge >= 0.3 is 5.97 Å². The van der Waals surface area contributed by atoms with Gasteiger partial charge < -0.3 is 14.2 Å². The molecule has 0 spiro atoms. The van der Waals surface area contributed by atoms with Gasteiger partial charge in [0.15, 0.2) is 5.79 Å². The Kier molecular flexibility index (Phi) is 9.05. The third-order valence-electron chi connectivity index (χ3n) is 5.66. The monoisotopic (exact) mass is 402 g/mol. The molecule has 0 aromatic heterocycles. The maximum atomic E-state index is 12.3. The zero-order valence-electron chi connectivity index (χ0n) is 18.2. The van der Waals surface area contributed by atoms with Crippen LogP contribution in [-0.4, -0.2) is 31.6 Å². The summed E-state index contributed by atoms with van der Waals surface area (Å²) in [7, 11) is 0. The maximum absolute atomic E-state index is 12.3. The molecular weight excluding hydrogens is 368 g/mol. The first-order valence-corrected chi connectivity index (χ1v) is 10.6. The van der Waals surface area contributed by atoms with Crippen molar-refractivity contribution in [3.05, 3.63) is 47.0 Å². The van der Waals surface area contributed by atoms with Gasteiger partial charge in [-0.1, -0.05) is 56.2 Å². The number of esters is 1. The number of ether oxygens (including phenoxy) is 3. The lowest BCUT2D eigenvalue weighted by atomic mass is 9.96. The summed E-state index contributed by atoms with van der Waals surface area (Å²) in [6.07, 6.45) is 7.30. The van der Waals surface area contributed by atoms with E-state index >= 15 is 0 Å². The molecule has 29 heavy (non-hydrogen) atoms. The summed E-state index contributed by atoms with van der Waals surface area (Å²) in [5.41, 5.74) is 2.54. The number of hydrogen-bond acceptors (Lipinski definition) is 5. The molecule has 1 aliphatic rings. The van der Waals surface area contributed by atoms with Crippen molar-refractivity contribution >= 4 is 11.8 Å². The summed E-state index contributed by atoms with van der Waals surface area (Å²) >= 11 is 0. The van der Waals surface area contributed by atoms with Gasteiger partial charge in [-0.15, -0.1) is 0 Å². The molecular formula is C24H34O5. The van der Waals surface area contributed by atoms with Gasteiger partial charge in [-0.25, -0.2) is 4.79 Å². The molecule has 160 valence electrons. The highest BCUT2D eigenvalue weighted by Gasteiger charge is 2.33. The minimum Gasteiger partial charge on any atom is -0.460 e. The van der Waals surface area contributed by atoms with Crippen molar-refractivity contribution in [2.45, 2.75) is 65.6 Å². The highest BCUT2D eigenvalue weighted by molar-refractivity contribution is 6.40. The number of carbonyl (C=O) groups is 2. The van der Waals surface area contributed by atoms with E-state index in [1.807, 2.05) is 6.92 Å². The molecule has 1 atom stereocenters. The van der Waals surface area contributed by atoms with Crippen molar-refractivity contribution in [2.75, 3.05) is 19.8 Å². The van der Waals surface area contributed by atoms with E-state index in [0.717, 1.165) is 37.7 Å². The van der Waals surface area contributed by atoms with E-state index in [1.54, 1.807) is 24.3 Å². The van der Waals surface area contributed by atoms with E-state index < -0.39 is 17.5 Å². The SMILES string of the molecule is CCC(C)=CCCC(CC)CCOC(=O)C(=O)c1ccc(C2(C)OCCO2)cc1. The third-order valence-corrected chi connectivity index (χ3v) is 5.66. The number of allylic oxidation sites excluding steroid dienone is 2. The molecule has 1 aromatic carbocycles. The van der Waals surface area contributed by atoms with E-state index in [9.17, 15) is 9.59 Å². The van der Waals surface area contributed by atoms with E-state index in [-0.39, 0.29) is 6.61 Å². The summed E-state index contributed by atoms with van der Waals surface area (Å²) in [6.45, 7) is 9.64. The minimum atomic E-state index is -0.797. The molecule has 1 saturated heterocycles. The van der Waals surface area contributed by atoms with E-state index in [2.05, 4.69) is 26.8 Å².